The first-order chi connectivity index (χ1) is 15.0. The summed E-state index contributed by atoms with van der Waals surface area (Å²) in [6.07, 6.45) is 0. The second-order valence-electron chi connectivity index (χ2n) is 6.86. The van der Waals surface area contributed by atoms with Gasteiger partial charge in [-0.3, -0.25) is 19.5 Å². The highest BCUT2D eigenvalue weighted by atomic mass is 16.5. The molecule has 0 radical (unpaired) electrons. The molecule has 0 aliphatic carbocycles. The van der Waals surface area contributed by atoms with Crippen molar-refractivity contribution in [1.29, 1.82) is 0 Å². The second-order valence-corrected chi connectivity index (χ2v) is 6.86. The highest BCUT2D eigenvalue weighted by Gasteiger charge is 2.10. The van der Waals surface area contributed by atoms with E-state index in [9.17, 15) is 14.4 Å². The standard InChI is InChI=1S/C23H20N4O4/c1-31-18-12-10-16(11-13-18)24-15-6-8-17(9-7-15)25-21(28)14-27-23(30)20-5-3-2-4-19(20)22(29)26-27/h2-13,24H,14H2,1H3,(H,25,28)(H,26,29). The lowest BCUT2D eigenvalue weighted by atomic mass is 10.2. The molecule has 0 unspecified atom stereocenters. The number of aromatic nitrogens is 2. The van der Waals surface area contributed by atoms with Crippen LogP contribution in [-0.4, -0.2) is 22.8 Å². The Morgan fingerprint density at radius 2 is 1.45 bits per heavy atom. The van der Waals surface area contributed by atoms with E-state index in [1.165, 1.54) is 0 Å². The number of carbonyl (C=O) groups excluding carboxylic acids is 1. The van der Waals surface area contributed by atoms with E-state index < -0.39 is 17.0 Å². The zero-order chi connectivity index (χ0) is 21.8. The van der Waals surface area contributed by atoms with Gasteiger partial charge in [0.25, 0.3) is 11.1 Å². The molecule has 3 N–H and O–H groups in total. The Morgan fingerprint density at radius 1 is 0.871 bits per heavy atom. The number of H-pyrrole nitrogens is 1. The number of ether oxygens (including phenoxy) is 1. The molecule has 3 aromatic carbocycles. The fourth-order valence-corrected chi connectivity index (χ4v) is 3.18. The number of amides is 1. The molecule has 0 atom stereocenters. The van der Waals surface area contributed by atoms with Gasteiger partial charge in [0.15, 0.2) is 0 Å². The molecule has 156 valence electrons. The van der Waals surface area contributed by atoms with E-state index >= 15 is 0 Å². The molecule has 1 heterocycles. The van der Waals surface area contributed by atoms with Crippen LogP contribution in [0, 0.1) is 0 Å². The average Bonchev–Trinajstić information content (AvgIpc) is 2.79. The van der Waals surface area contributed by atoms with Gasteiger partial charge < -0.3 is 15.4 Å². The third-order valence-corrected chi connectivity index (χ3v) is 4.73. The van der Waals surface area contributed by atoms with Crippen LogP contribution < -0.4 is 26.5 Å². The van der Waals surface area contributed by atoms with Crippen molar-refractivity contribution in [2.45, 2.75) is 6.54 Å². The van der Waals surface area contributed by atoms with Crippen LogP contribution in [0.5, 0.6) is 5.75 Å². The molecule has 0 saturated carbocycles. The number of nitrogens with zero attached hydrogens (tertiary/aromatic N) is 1. The lowest BCUT2D eigenvalue weighted by Crippen LogP contribution is -2.34. The van der Waals surface area contributed by atoms with Gasteiger partial charge in [0.2, 0.25) is 5.91 Å². The summed E-state index contributed by atoms with van der Waals surface area (Å²) in [5.74, 6) is 0.347. The molecular weight excluding hydrogens is 396 g/mol. The van der Waals surface area contributed by atoms with E-state index in [-0.39, 0.29) is 11.9 Å². The van der Waals surface area contributed by atoms with E-state index in [4.69, 9.17) is 4.74 Å². The zero-order valence-corrected chi connectivity index (χ0v) is 16.7. The number of fused-ring (bicyclic) bond motifs is 1. The minimum Gasteiger partial charge on any atom is -0.497 e. The average molecular weight is 416 g/mol. The maximum absolute atomic E-state index is 12.5. The third kappa shape index (κ3) is 4.48. The third-order valence-electron chi connectivity index (χ3n) is 4.73. The smallest absolute Gasteiger partial charge is 0.273 e. The highest BCUT2D eigenvalue weighted by molar-refractivity contribution is 5.91. The number of benzene rings is 3. The first kappa shape index (κ1) is 20.0. The molecular formula is C23H20N4O4. The first-order valence-corrected chi connectivity index (χ1v) is 9.56. The summed E-state index contributed by atoms with van der Waals surface area (Å²) in [5, 5.41) is 8.99. The van der Waals surface area contributed by atoms with Crippen molar-refractivity contribution < 1.29 is 9.53 Å². The maximum Gasteiger partial charge on any atom is 0.273 e. The van der Waals surface area contributed by atoms with Crippen molar-refractivity contribution in [2.24, 2.45) is 0 Å². The largest absolute Gasteiger partial charge is 0.497 e. The summed E-state index contributed by atoms with van der Waals surface area (Å²) in [4.78, 5) is 37.1. The molecule has 0 saturated heterocycles. The molecule has 31 heavy (non-hydrogen) atoms. The summed E-state index contributed by atoms with van der Waals surface area (Å²) >= 11 is 0. The lowest BCUT2D eigenvalue weighted by molar-refractivity contribution is -0.117. The second kappa shape index (κ2) is 8.58. The van der Waals surface area contributed by atoms with Gasteiger partial charge in [-0.1, -0.05) is 12.1 Å². The quantitative estimate of drug-likeness (QED) is 0.448. The molecule has 1 aromatic heterocycles. The van der Waals surface area contributed by atoms with Crippen LogP contribution in [0.2, 0.25) is 0 Å². The molecule has 4 aromatic rings. The van der Waals surface area contributed by atoms with Crippen molar-refractivity contribution in [3.05, 3.63) is 93.5 Å². The normalized spacial score (nSPS) is 10.6. The Hall–Kier alpha value is -4.33. The van der Waals surface area contributed by atoms with Gasteiger partial charge in [0, 0.05) is 17.1 Å². The fraction of sp³-hybridized carbons (Fsp3) is 0.0870. The highest BCUT2D eigenvalue weighted by Crippen LogP contribution is 2.21. The van der Waals surface area contributed by atoms with Crippen LogP contribution in [-0.2, 0) is 11.3 Å². The zero-order valence-electron chi connectivity index (χ0n) is 16.7. The predicted molar refractivity (Wildman–Crippen MR) is 120 cm³/mol. The van der Waals surface area contributed by atoms with Crippen molar-refractivity contribution >= 4 is 33.7 Å². The topological polar surface area (TPSA) is 105 Å². The SMILES string of the molecule is COc1ccc(Nc2ccc(NC(=O)Cn3[nH]c(=O)c4ccccc4c3=O)cc2)cc1. The Labute approximate surface area is 177 Å². The van der Waals surface area contributed by atoms with Gasteiger partial charge in [-0.25, -0.2) is 4.68 Å². The minimum atomic E-state index is -0.427. The number of nitrogens with one attached hydrogen (secondary N) is 3. The van der Waals surface area contributed by atoms with Crippen LogP contribution in [0.1, 0.15) is 0 Å². The first-order valence-electron chi connectivity index (χ1n) is 9.56. The minimum absolute atomic E-state index is 0.271. The lowest BCUT2D eigenvalue weighted by Gasteiger charge is -2.10. The number of rotatable bonds is 6. The Balaban J connectivity index is 1.43. The molecule has 0 aliphatic heterocycles. The molecule has 4 rings (SSSR count). The van der Waals surface area contributed by atoms with Gasteiger partial charge >= 0.3 is 0 Å². The van der Waals surface area contributed by atoms with Crippen molar-refractivity contribution in [3.63, 3.8) is 0 Å². The summed E-state index contributed by atoms with van der Waals surface area (Å²) in [5.41, 5.74) is 1.47. The summed E-state index contributed by atoms with van der Waals surface area (Å²) in [7, 11) is 1.61. The van der Waals surface area contributed by atoms with Crippen LogP contribution in [0.3, 0.4) is 0 Å². The molecule has 0 bridgehead atoms. The van der Waals surface area contributed by atoms with Gasteiger partial charge in [-0.2, -0.15) is 0 Å². The number of methoxy groups -OCH3 is 1. The molecule has 8 heteroatoms. The van der Waals surface area contributed by atoms with Crippen molar-refractivity contribution in [3.8, 4) is 5.75 Å². The van der Waals surface area contributed by atoms with Gasteiger partial charge in [-0.05, 0) is 60.7 Å². The van der Waals surface area contributed by atoms with Crippen molar-refractivity contribution in [2.75, 3.05) is 17.7 Å². The fourth-order valence-electron chi connectivity index (χ4n) is 3.18. The summed E-state index contributed by atoms with van der Waals surface area (Å²) in [6, 6.07) is 21.1. The summed E-state index contributed by atoms with van der Waals surface area (Å²) in [6.45, 7) is -0.301. The number of anilines is 3. The molecule has 0 spiro atoms. The Morgan fingerprint density at radius 3 is 2.10 bits per heavy atom. The van der Waals surface area contributed by atoms with Gasteiger partial charge in [0.1, 0.15) is 12.3 Å². The number of hydrogen-bond acceptors (Lipinski definition) is 5. The van der Waals surface area contributed by atoms with Crippen LogP contribution in [0.4, 0.5) is 17.1 Å². The van der Waals surface area contributed by atoms with E-state index in [2.05, 4.69) is 15.7 Å². The maximum atomic E-state index is 12.5. The Kier molecular flexibility index (Phi) is 5.53. The number of hydrogen-bond donors (Lipinski definition) is 3. The summed E-state index contributed by atoms with van der Waals surface area (Å²) < 4.78 is 6.15. The van der Waals surface area contributed by atoms with Crippen molar-refractivity contribution in [1.82, 2.24) is 9.78 Å². The molecule has 0 fully saturated rings. The van der Waals surface area contributed by atoms with E-state index in [0.29, 0.717) is 11.1 Å². The van der Waals surface area contributed by atoms with Crippen LogP contribution in [0.25, 0.3) is 10.8 Å². The molecule has 0 aliphatic rings. The molecule has 1 amide bonds. The van der Waals surface area contributed by atoms with E-state index in [1.807, 2.05) is 36.4 Å². The number of carbonyl (C=O) groups is 1. The Bertz CT molecular complexity index is 1340. The van der Waals surface area contributed by atoms with Gasteiger partial charge in [-0.15, -0.1) is 0 Å². The molecule has 8 nitrogen and oxygen atoms in total. The van der Waals surface area contributed by atoms with Gasteiger partial charge in [0.05, 0.1) is 17.9 Å². The van der Waals surface area contributed by atoms with Crippen LogP contribution in [0.15, 0.2) is 82.4 Å². The van der Waals surface area contributed by atoms with E-state index in [0.717, 1.165) is 21.8 Å². The number of aromatic amines is 1. The monoisotopic (exact) mass is 416 g/mol. The predicted octanol–water partition coefficient (Wildman–Crippen LogP) is 3.08. The van der Waals surface area contributed by atoms with E-state index in [1.54, 1.807) is 43.5 Å². The van der Waals surface area contributed by atoms with Crippen LogP contribution >= 0.6 is 0 Å².